The van der Waals surface area contributed by atoms with Gasteiger partial charge in [-0.2, -0.15) is 21.6 Å². The first-order chi connectivity index (χ1) is 14.0. The monoisotopic (exact) mass is 452 g/mol. The van der Waals surface area contributed by atoms with E-state index in [0.717, 1.165) is 38.5 Å². The average molecular weight is 453 g/mol. The van der Waals surface area contributed by atoms with Crippen LogP contribution in [0.15, 0.2) is 11.8 Å². The highest BCUT2D eigenvalue weighted by atomic mass is 32.2. The van der Waals surface area contributed by atoms with E-state index in [1.807, 2.05) is 6.92 Å². The summed E-state index contributed by atoms with van der Waals surface area (Å²) in [7, 11) is -4.00. The van der Waals surface area contributed by atoms with Crippen LogP contribution in [0.1, 0.15) is 58.3 Å². The molecule has 9 heteroatoms. The van der Waals surface area contributed by atoms with Gasteiger partial charge in [0.2, 0.25) is 0 Å². The maximum atomic E-state index is 12.8. The highest BCUT2D eigenvalue weighted by Crippen LogP contribution is 2.62. The number of methoxy groups -OCH3 is 1. The van der Waals surface area contributed by atoms with Gasteiger partial charge in [0.15, 0.2) is 0 Å². The second-order valence-corrected chi connectivity index (χ2v) is 11.3. The summed E-state index contributed by atoms with van der Waals surface area (Å²) in [6.07, 6.45) is 9.36. The number of hydrogen-bond acceptors (Lipinski definition) is 5. The first-order valence-corrected chi connectivity index (χ1v) is 12.3. The van der Waals surface area contributed by atoms with Crippen molar-refractivity contribution in [2.45, 2.75) is 69.9 Å². The molecule has 0 saturated heterocycles. The molecule has 0 unspecified atom stereocenters. The van der Waals surface area contributed by atoms with Gasteiger partial charge in [-0.3, -0.25) is 0 Å². The van der Waals surface area contributed by atoms with E-state index >= 15 is 0 Å². The van der Waals surface area contributed by atoms with Crippen molar-refractivity contribution < 1.29 is 35.2 Å². The first-order valence-electron chi connectivity index (χ1n) is 10.9. The third-order valence-corrected chi connectivity index (χ3v) is 9.22. The van der Waals surface area contributed by atoms with E-state index in [0.29, 0.717) is 43.3 Å². The van der Waals surface area contributed by atoms with Crippen molar-refractivity contribution in [2.24, 2.45) is 35.0 Å². The SMILES string of the molecule is COCO[C@@H]1CC[C@H]2[C@@H](CC[C@H]3C[C@@]4(C)C(OS(=O)(=O)C(F)(F)F)=CC[C@@H]4C[C@@H]32)C1. The molecule has 172 valence electrons. The van der Waals surface area contributed by atoms with Crippen LogP contribution < -0.4 is 0 Å². The van der Waals surface area contributed by atoms with E-state index in [1.54, 1.807) is 13.2 Å². The van der Waals surface area contributed by atoms with Crippen LogP contribution >= 0.6 is 0 Å². The molecular formula is C21H31F3O5S. The molecule has 30 heavy (non-hydrogen) atoms. The highest BCUT2D eigenvalue weighted by molar-refractivity contribution is 7.87. The summed E-state index contributed by atoms with van der Waals surface area (Å²) in [5, 5.41) is 0. The second-order valence-electron chi connectivity index (χ2n) is 9.77. The predicted molar refractivity (Wildman–Crippen MR) is 103 cm³/mol. The Bertz CT molecular complexity index is 780. The van der Waals surface area contributed by atoms with Gasteiger partial charge in [0.05, 0.1) is 6.10 Å². The topological polar surface area (TPSA) is 61.8 Å². The zero-order valence-electron chi connectivity index (χ0n) is 17.5. The van der Waals surface area contributed by atoms with Crippen LogP contribution in [0.4, 0.5) is 13.2 Å². The van der Waals surface area contributed by atoms with E-state index in [-0.39, 0.29) is 17.8 Å². The number of alkyl halides is 3. The molecule has 3 fully saturated rings. The fraction of sp³-hybridized carbons (Fsp3) is 0.905. The van der Waals surface area contributed by atoms with Crippen LogP contribution in [-0.4, -0.2) is 33.9 Å². The van der Waals surface area contributed by atoms with Gasteiger partial charge in [-0.1, -0.05) is 6.92 Å². The van der Waals surface area contributed by atoms with Crippen molar-refractivity contribution in [3.05, 3.63) is 11.8 Å². The lowest BCUT2D eigenvalue weighted by molar-refractivity contribution is -0.115. The lowest BCUT2D eigenvalue weighted by Gasteiger charge is -2.54. The molecule has 7 atom stereocenters. The van der Waals surface area contributed by atoms with E-state index in [2.05, 4.69) is 4.18 Å². The van der Waals surface area contributed by atoms with Gasteiger partial charge in [0.1, 0.15) is 12.6 Å². The lowest BCUT2D eigenvalue weighted by atomic mass is 9.51. The summed E-state index contributed by atoms with van der Waals surface area (Å²) < 4.78 is 77.2. The van der Waals surface area contributed by atoms with Crippen LogP contribution in [-0.2, 0) is 23.8 Å². The molecule has 0 spiro atoms. The van der Waals surface area contributed by atoms with E-state index < -0.39 is 21.0 Å². The number of allylic oxidation sites excluding steroid dienone is 2. The normalized spacial score (nSPS) is 41.4. The van der Waals surface area contributed by atoms with Crippen LogP contribution in [0.25, 0.3) is 0 Å². The fourth-order valence-electron chi connectivity index (χ4n) is 6.80. The molecular weight excluding hydrogens is 421 g/mol. The summed E-state index contributed by atoms with van der Waals surface area (Å²) in [6.45, 7) is 2.21. The standard InChI is InChI=1S/C21H31F3O5S/c1-20-11-14-4-3-13-9-16(28-12-27-2)6-7-17(13)18(14)10-15(20)5-8-19(20)29-30(25,26)21(22,23)24/h8,13-18H,3-7,9-12H2,1-2H3/t13-,14-,15+,16+,17-,18-,20+/m0/s1. The molecule has 0 bridgehead atoms. The first kappa shape index (κ1) is 22.4. The van der Waals surface area contributed by atoms with Crippen molar-refractivity contribution in [3.8, 4) is 0 Å². The Morgan fingerprint density at radius 1 is 1.10 bits per heavy atom. The van der Waals surface area contributed by atoms with Crippen LogP contribution in [0.5, 0.6) is 0 Å². The molecule has 0 heterocycles. The highest BCUT2D eigenvalue weighted by Gasteiger charge is 2.57. The molecule has 0 aliphatic heterocycles. The largest absolute Gasteiger partial charge is 0.534 e. The smallest absolute Gasteiger partial charge is 0.380 e. The summed E-state index contributed by atoms with van der Waals surface area (Å²) in [5.74, 6) is 2.35. The predicted octanol–water partition coefficient (Wildman–Crippen LogP) is 4.99. The number of ether oxygens (including phenoxy) is 2. The molecule has 3 saturated carbocycles. The van der Waals surface area contributed by atoms with Crippen LogP contribution in [0.3, 0.4) is 0 Å². The third kappa shape index (κ3) is 3.90. The summed E-state index contributed by atoms with van der Waals surface area (Å²) in [4.78, 5) is 0. The molecule has 0 aromatic carbocycles. The van der Waals surface area contributed by atoms with Gasteiger partial charge in [-0.05, 0) is 87.0 Å². The van der Waals surface area contributed by atoms with E-state index in [9.17, 15) is 21.6 Å². The Morgan fingerprint density at radius 2 is 1.83 bits per heavy atom. The van der Waals surface area contributed by atoms with Gasteiger partial charge < -0.3 is 13.7 Å². The Labute approximate surface area is 176 Å². The summed E-state index contributed by atoms with van der Waals surface area (Å²) in [6, 6.07) is 0. The van der Waals surface area contributed by atoms with Gasteiger partial charge in [0.25, 0.3) is 0 Å². The van der Waals surface area contributed by atoms with Crippen molar-refractivity contribution in [1.82, 2.24) is 0 Å². The second kappa shape index (κ2) is 7.96. The fourth-order valence-corrected chi connectivity index (χ4v) is 7.39. The molecule has 4 aliphatic rings. The molecule has 4 aliphatic carbocycles. The van der Waals surface area contributed by atoms with E-state index in [4.69, 9.17) is 9.47 Å². The van der Waals surface area contributed by atoms with Gasteiger partial charge in [-0.15, -0.1) is 0 Å². The number of fused-ring (bicyclic) bond motifs is 4. The van der Waals surface area contributed by atoms with Crippen molar-refractivity contribution in [3.63, 3.8) is 0 Å². The Balaban J connectivity index is 1.45. The molecule has 4 rings (SSSR count). The number of halogens is 3. The quantitative estimate of drug-likeness (QED) is 0.334. The van der Waals surface area contributed by atoms with Gasteiger partial charge in [-0.25, -0.2) is 0 Å². The molecule has 0 radical (unpaired) electrons. The molecule has 0 aromatic rings. The zero-order chi connectivity index (χ0) is 21.7. The van der Waals surface area contributed by atoms with Crippen molar-refractivity contribution in [1.29, 1.82) is 0 Å². The molecule has 0 amide bonds. The minimum Gasteiger partial charge on any atom is -0.380 e. The summed E-state index contributed by atoms with van der Waals surface area (Å²) in [5.41, 5.74) is -6.04. The maximum Gasteiger partial charge on any atom is 0.534 e. The number of rotatable bonds is 5. The maximum absolute atomic E-state index is 12.8. The van der Waals surface area contributed by atoms with Gasteiger partial charge in [0, 0.05) is 12.5 Å². The lowest BCUT2D eigenvalue weighted by Crippen LogP contribution is -2.47. The van der Waals surface area contributed by atoms with Gasteiger partial charge >= 0.3 is 15.6 Å². The number of hydrogen-bond donors (Lipinski definition) is 0. The molecule has 5 nitrogen and oxygen atoms in total. The Morgan fingerprint density at radius 3 is 2.53 bits per heavy atom. The minimum atomic E-state index is -5.62. The molecule has 0 aromatic heterocycles. The Hall–Kier alpha value is -0.800. The zero-order valence-corrected chi connectivity index (χ0v) is 18.3. The van der Waals surface area contributed by atoms with Crippen LogP contribution in [0.2, 0.25) is 0 Å². The molecule has 0 N–H and O–H groups in total. The van der Waals surface area contributed by atoms with Crippen molar-refractivity contribution >= 4 is 10.1 Å². The minimum absolute atomic E-state index is 0.00192. The summed E-state index contributed by atoms with van der Waals surface area (Å²) >= 11 is 0. The van der Waals surface area contributed by atoms with E-state index in [1.165, 1.54) is 0 Å². The van der Waals surface area contributed by atoms with Crippen molar-refractivity contribution in [2.75, 3.05) is 13.9 Å². The Kier molecular flexibility index (Phi) is 5.94. The average Bonchev–Trinajstić information content (AvgIpc) is 2.98. The third-order valence-electron chi connectivity index (χ3n) is 8.26. The van der Waals surface area contributed by atoms with Crippen LogP contribution in [0, 0.1) is 35.0 Å².